The summed E-state index contributed by atoms with van der Waals surface area (Å²) in [5, 5.41) is 2.63. The Morgan fingerprint density at radius 3 is 2.68 bits per heavy atom. The van der Waals surface area contributed by atoms with E-state index in [0.29, 0.717) is 17.8 Å². The van der Waals surface area contributed by atoms with Gasteiger partial charge in [0, 0.05) is 23.8 Å². The molecule has 0 unspecified atom stereocenters. The molecule has 0 bridgehead atoms. The number of hydrogen-bond donors (Lipinski definition) is 1. The standard InChI is InChI=1S/C15H14BrF3N2O/c1-2-21-9-12(16)7-13(21)14(22)20-8-10-4-3-5-11(6-10)15(17,18)19/h3-7,9H,2,8H2,1H3,(H,20,22). The van der Waals surface area contributed by atoms with Crippen LogP contribution in [0.25, 0.3) is 0 Å². The van der Waals surface area contributed by atoms with Gasteiger partial charge in [-0.1, -0.05) is 12.1 Å². The molecule has 0 aliphatic rings. The van der Waals surface area contributed by atoms with E-state index >= 15 is 0 Å². The first-order valence-electron chi connectivity index (χ1n) is 6.61. The van der Waals surface area contributed by atoms with E-state index in [4.69, 9.17) is 0 Å². The fourth-order valence-electron chi connectivity index (χ4n) is 2.06. The molecule has 0 fully saturated rings. The second-order valence-corrected chi connectivity index (χ2v) is 5.63. The Morgan fingerprint density at radius 1 is 1.32 bits per heavy atom. The van der Waals surface area contributed by atoms with Crippen LogP contribution in [0.1, 0.15) is 28.5 Å². The van der Waals surface area contributed by atoms with Crippen molar-refractivity contribution in [3.05, 3.63) is 57.8 Å². The summed E-state index contributed by atoms with van der Waals surface area (Å²) in [5.74, 6) is -0.329. The molecule has 0 aliphatic heterocycles. The third-order valence-corrected chi connectivity index (χ3v) is 3.58. The van der Waals surface area contributed by atoms with Gasteiger partial charge in [-0.3, -0.25) is 4.79 Å². The number of alkyl halides is 3. The van der Waals surface area contributed by atoms with Gasteiger partial charge in [0.1, 0.15) is 5.69 Å². The van der Waals surface area contributed by atoms with Gasteiger partial charge in [0.25, 0.3) is 5.91 Å². The first-order valence-corrected chi connectivity index (χ1v) is 7.40. The van der Waals surface area contributed by atoms with Gasteiger partial charge in [0.05, 0.1) is 5.56 Å². The second-order valence-electron chi connectivity index (χ2n) is 4.71. The minimum absolute atomic E-state index is 0.0370. The van der Waals surface area contributed by atoms with E-state index in [2.05, 4.69) is 21.2 Å². The maximum Gasteiger partial charge on any atom is 0.416 e. The molecule has 0 atom stereocenters. The minimum atomic E-state index is -4.39. The molecule has 2 rings (SSSR count). The molecule has 0 aliphatic carbocycles. The monoisotopic (exact) mass is 374 g/mol. The fraction of sp³-hybridized carbons (Fsp3) is 0.267. The van der Waals surface area contributed by atoms with Crippen LogP contribution in [-0.2, 0) is 19.3 Å². The van der Waals surface area contributed by atoms with Crippen LogP contribution in [0.5, 0.6) is 0 Å². The maximum atomic E-state index is 12.6. The Morgan fingerprint density at radius 2 is 2.05 bits per heavy atom. The average molecular weight is 375 g/mol. The third kappa shape index (κ3) is 3.91. The first kappa shape index (κ1) is 16.6. The van der Waals surface area contributed by atoms with Crippen LogP contribution in [0.3, 0.4) is 0 Å². The van der Waals surface area contributed by atoms with Crippen LogP contribution in [0, 0.1) is 0 Å². The quantitative estimate of drug-likeness (QED) is 0.853. The molecule has 1 N–H and O–H groups in total. The molecule has 1 amide bonds. The van der Waals surface area contributed by atoms with Gasteiger partial charge in [-0.2, -0.15) is 13.2 Å². The van der Waals surface area contributed by atoms with Crippen molar-refractivity contribution in [1.29, 1.82) is 0 Å². The lowest BCUT2D eigenvalue weighted by atomic mass is 10.1. The molecule has 2 aromatic rings. The van der Waals surface area contributed by atoms with E-state index in [0.717, 1.165) is 16.6 Å². The topological polar surface area (TPSA) is 34.0 Å². The molecule has 1 aromatic carbocycles. The van der Waals surface area contributed by atoms with E-state index in [1.807, 2.05) is 6.92 Å². The van der Waals surface area contributed by atoms with Crippen LogP contribution in [0.15, 0.2) is 41.0 Å². The minimum Gasteiger partial charge on any atom is -0.347 e. The Balaban J connectivity index is 2.08. The van der Waals surface area contributed by atoms with Crippen molar-refractivity contribution in [1.82, 2.24) is 9.88 Å². The molecular weight excluding hydrogens is 361 g/mol. The van der Waals surface area contributed by atoms with Crippen molar-refractivity contribution in [3.63, 3.8) is 0 Å². The molecule has 118 valence electrons. The number of halogens is 4. The Bertz CT molecular complexity index is 680. The zero-order valence-electron chi connectivity index (χ0n) is 11.7. The molecule has 7 heteroatoms. The zero-order chi connectivity index (χ0) is 16.3. The van der Waals surface area contributed by atoms with Crippen molar-refractivity contribution in [3.8, 4) is 0 Å². The summed E-state index contributed by atoms with van der Waals surface area (Å²) in [6.45, 7) is 2.56. The highest BCUT2D eigenvalue weighted by Gasteiger charge is 2.30. The lowest BCUT2D eigenvalue weighted by Gasteiger charge is -2.10. The van der Waals surface area contributed by atoms with Gasteiger partial charge in [-0.15, -0.1) is 0 Å². The maximum absolute atomic E-state index is 12.6. The highest BCUT2D eigenvalue weighted by Crippen LogP contribution is 2.29. The van der Waals surface area contributed by atoms with Crippen molar-refractivity contribution in [2.75, 3.05) is 0 Å². The van der Waals surface area contributed by atoms with Gasteiger partial charge in [0.15, 0.2) is 0 Å². The van der Waals surface area contributed by atoms with Crippen LogP contribution in [-0.4, -0.2) is 10.5 Å². The molecule has 3 nitrogen and oxygen atoms in total. The normalized spacial score (nSPS) is 11.5. The molecular formula is C15H14BrF3N2O. The molecule has 0 saturated heterocycles. The summed E-state index contributed by atoms with van der Waals surface area (Å²) in [5.41, 5.74) is 0.136. The van der Waals surface area contributed by atoms with Crippen LogP contribution < -0.4 is 5.32 Å². The number of carbonyl (C=O) groups is 1. The molecule has 0 spiro atoms. The number of rotatable bonds is 4. The molecule has 0 saturated carbocycles. The van der Waals surface area contributed by atoms with Gasteiger partial charge < -0.3 is 9.88 Å². The predicted molar refractivity (Wildman–Crippen MR) is 80.4 cm³/mol. The van der Waals surface area contributed by atoms with Crippen LogP contribution in [0.4, 0.5) is 13.2 Å². The number of amides is 1. The number of aryl methyl sites for hydroxylation is 1. The van der Waals surface area contributed by atoms with Gasteiger partial charge in [-0.05, 0) is 46.6 Å². The average Bonchev–Trinajstić information content (AvgIpc) is 2.85. The van der Waals surface area contributed by atoms with Gasteiger partial charge >= 0.3 is 6.18 Å². The largest absolute Gasteiger partial charge is 0.416 e. The summed E-state index contributed by atoms with van der Waals surface area (Å²) in [6, 6.07) is 6.59. The van der Waals surface area contributed by atoms with Crippen molar-refractivity contribution >= 4 is 21.8 Å². The van der Waals surface area contributed by atoms with Crippen LogP contribution in [0.2, 0.25) is 0 Å². The summed E-state index contributed by atoms with van der Waals surface area (Å²) in [4.78, 5) is 12.1. The van der Waals surface area contributed by atoms with Gasteiger partial charge in [0.2, 0.25) is 0 Å². The lowest BCUT2D eigenvalue weighted by Crippen LogP contribution is -2.25. The molecule has 1 aromatic heterocycles. The van der Waals surface area contributed by atoms with Crippen molar-refractivity contribution in [2.24, 2.45) is 0 Å². The first-order chi connectivity index (χ1) is 10.3. The number of nitrogens with zero attached hydrogens (tertiary/aromatic N) is 1. The Labute approximate surface area is 134 Å². The highest BCUT2D eigenvalue weighted by molar-refractivity contribution is 9.10. The zero-order valence-corrected chi connectivity index (χ0v) is 13.3. The smallest absolute Gasteiger partial charge is 0.347 e. The summed E-state index contributed by atoms with van der Waals surface area (Å²) in [7, 11) is 0. The fourth-order valence-corrected chi connectivity index (χ4v) is 2.52. The Hall–Kier alpha value is -1.76. The molecule has 22 heavy (non-hydrogen) atoms. The van der Waals surface area contributed by atoms with E-state index < -0.39 is 11.7 Å². The van der Waals surface area contributed by atoms with E-state index in [-0.39, 0.29) is 12.5 Å². The van der Waals surface area contributed by atoms with Gasteiger partial charge in [-0.25, -0.2) is 0 Å². The summed E-state index contributed by atoms with van der Waals surface area (Å²) < 4.78 is 40.4. The number of nitrogens with one attached hydrogen (secondary N) is 1. The van der Waals surface area contributed by atoms with E-state index in [9.17, 15) is 18.0 Å². The lowest BCUT2D eigenvalue weighted by molar-refractivity contribution is -0.137. The third-order valence-electron chi connectivity index (χ3n) is 3.14. The number of benzene rings is 1. The van der Waals surface area contributed by atoms with E-state index in [1.54, 1.807) is 22.9 Å². The van der Waals surface area contributed by atoms with Crippen molar-refractivity contribution in [2.45, 2.75) is 26.2 Å². The SMILES string of the molecule is CCn1cc(Br)cc1C(=O)NCc1cccc(C(F)(F)F)c1. The summed E-state index contributed by atoms with van der Waals surface area (Å²) in [6.07, 6.45) is -2.61. The second kappa shape index (κ2) is 6.56. The predicted octanol–water partition coefficient (Wildman–Crippen LogP) is 4.22. The molecule has 0 radical (unpaired) electrons. The number of aromatic nitrogens is 1. The van der Waals surface area contributed by atoms with Crippen molar-refractivity contribution < 1.29 is 18.0 Å². The van der Waals surface area contributed by atoms with E-state index in [1.165, 1.54) is 6.07 Å². The van der Waals surface area contributed by atoms with Crippen LogP contribution >= 0.6 is 15.9 Å². The molecule has 1 heterocycles. The Kier molecular flexibility index (Phi) is 4.95. The number of hydrogen-bond acceptors (Lipinski definition) is 1. The number of carbonyl (C=O) groups excluding carboxylic acids is 1. The highest BCUT2D eigenvalue weighted by atomic mass is 79.9. The summed E-state index contributed by atoms with van der Waals surface area (Å²) >= 11 is 3.29.